The van der Waals surface area contributed by atoms with E-state index in [1.807, 2.05) is 0 Å². The highest BCUT2D eigenvalue weighted by atomic mass is 32.2. The number of nitrogens with zero attached hydrogens (tertiary/aromatic N) is 3. The minimum absolute atomic E-state index is 0.0233. The SMILES string of the molecule is O=S(=O)(c1cccc(F)c1)N1C[C@H]2[C@@H](CNc3ncccn3)CO[C@H]2C1. The fourth-order valence-corrected chi connectivity index (χ4v) is 5.08. The molecular weight excluding hydrogens is 359 g/mol. The summed E-state index contributed by atoms with van der Waals surface area (Å²) in [4.78, 5) is 8.22. The Labute approximate surface area is 151 Å². The summed E-state index contributed by atoms with van der Waals surface area (Å²) in [5.74, 6) is 0.232. The highest BCUT2D eigenvalue weighted by Crippen LogP contribution is 2.36. The van der Waals surface area contributed by atoms with Crippen molar-refractivity contribution in [2.24, 2.45) is 11.8 Å². The van der Waals surface area contributed by atoms with Gasteiger partial charge in [-0.05, 0) is 24.3 Å². The van der Waals surface area contributed by atoms with Crippen LogP contribution in [0.15, 0.2) is 47.6 Å². The first-order valence-electron chi connectivity index (χ1n) is 8.42. The summed E-state index contributed by atoms with van der Waals surface area (Å²) >= 11 is 0. The van der Waals surface area contributed by atoms with Crippen molar-refractivity contribution in [2.75, 3.05) is 31.6 Å². The second-order valence-corrected chi connectivity index (χ2v) is 8.47. The van der Waals surface area contributed by atoms with E-state index >= 15 is 0 Å². The topological polar surface area (TPSA) is 84.4 Å². The molecule has 0 aliphatic carbocycles. The summed E-state index contributed by atoms with van der Waals surface area (Å²) in [6, 6.07) is 6.84. The van der Waals surface area contributed by atoms with Crippen LogP contribution in [0.25, 0.3) is 0 Å². The second kappa shape index (κ2) is 6.90. The third-order valence-corrected chi connectivity index (χ3v) is 6.76. The van der Waals surface area contributed by atoms with Crippen molar-refractivity contribution in [1.82, 2.24) is 14.3 Å². The number of nitrogens with one attached hydrogen (secondary N) is 1. The smallest absolute Gasteiger partial charge is 0.243 e. The second-order valence-electron chi connectivity index (χ2n) is 6.53. The fourth-order valence-electron chi connectivity index (χ4n) is 3.56. The summed E-state index contributed by atoms with van der Waals surface area (Å²) in [5.41, 5.74) is 0. The van der Waals surface area contributed by atoms with Crippen molar-refractivity contribution in [3.8, 4) is 0 Å². The molecule has 2 saturated heterocycles. The Morgan fingerprint density at radius 1 is 1.23 bits per heavy atom. The van der Waals surface area contributed by atoms with Gasteiger partial charge in [-0.1, -0.05) is 6.07 Å². The van der Waals surface area contributed by atoms with Gasteiger partial charge in [-0.15, -0.1) is 0 Å². The predicted octanol–water partition coefficient (Wildman–Crippen LogP) is 1.36. The van der Waals surface area contributed by atoms with Gasteiger partial charge in [0.2, 0.25) is 16.0 Å². The maximum absolute atomic E-state index is 13.4. The molecule has 0 unspecified atom stereocenters. The molecule has 1 aromatic heterocycles. The Bertz CT molecular complexity index is 881. The highest BCUT2D eigenvalue weighted by molar-refractivity contribution is 7.89. The van der Waals surface area contributed by atoms with E-state index in [2.05, 4.69) is 15.3 Å². The molecule has 2 aliphatic heterocycles. The van der Waals surface area contributed by atoms with E-state index in [0.29, 0.717) is 32.2 Å². The van der Waals surface area contributed by atoms with Gasteiger partial charge in [-0.25, -0.2) is 22.8 Å². The Kier molecular flexibility index (Phi) is 4.60. The molecule has 9 heteroatoms. The molecule has 0 radical (unpaired) electrons. The van der Waals surface area contributed by atoms with Crippen LogP contribution in [0.2, 0.25) is 0 Å². The number of fused-ring (bicyclic) bond motifs is 1. The van der Waals surface area contributed by atoms with Gasteiger partial charge < -0.3 is 10.1 Å². The van der Waals surface area contributed by atoms with Gasteiger partial charge in [0.1, 0.15) is 5.82 Å². The molecule has 2 fully saturated rings. The lowest BCUT2D eigenvalue weighted by Gasteiger charge is -2.20. The lowest BCUT2D eigenvalue weighted by molar-refractivity contribution is 0.104. The number of aromatic nitrogens is 2. The van der Waals surface area contributed by atoms with Gasteiger partial charge in [0, 0.05) is 43.9 Å². The summed E-state index contributed by atoms with van der Waals surface area (Å²) in [5, 5.41) is 3.17. The van der Waals surface area contributed by atoms with Gasteiger partial charge in [0.25, 0.3) is 0 Å². The van der Waals surface area contributed by atoms with Crippen molar-refractivity contribution in [3.63, 3.8) is 0 Å². The molecule has 2 aliphatic rings. The van der Waals surface area contributed by atoms with Crippen molar-refractivity contribution in [1.29, 1.82) is 0 Å². The average Bonchev–Trinajstić information content (AvgIpc) is 3.22. The monoisotopic (exact) mass is 378 g/mol. The molecule has 0 spiro atoms. The van der Waals surface area contributed by atoms with Gasteiger partial charge in [-0.2, -0.15) is 4.31 Å². The Balaban J connectivity index is 1.44. The van der Waals surface area contributed by atoms with Crippen molar-refractivity contribution in [3.05, 3.63) is 48.5 Å². The summed E-state index contributed by atoms with van der Waals surface area (Å²) in [6.07, 6.45) is 3.18. The molecule has 0 amide bonds. The average molecular weight is 378 g/mol. The van der Waals surface area contributed by atoms with E-state index in [1.54, 1.807) is 18.5 Å². The lowest BCUT2D eigenvalue weighted by atomic mass is 9.93. The van der Waals surface area contributed by atoms with Crippen molar-refractivity contribution in [2.45, 2.75) is 11.0 Å². The van der Waals surface area contributed by atoms with Crippen LogP contribution in [0.1, 0.15) is 0 Å². The Hall–Kier alpha value is -2.10. The summed E-state index contributed by atoms with van der Waals surface area (Å²) < 4.78 is 46.1. The van der Waals surface area contributed by atoms with E-state index in [-0.39, 0.29) is 22.8 Å². The summed E-state index contributed by atoms with van der Waals surface area (Å²) in [6.45, 7) is 1.84. The van der Waals surface area contributed by atoms with Crippen LogP contribution in [0.4, 0.5) is 10.3 Å². The molecule has 26 heavy (non-hydrogen) atoms. The Morgan fingerprint density at radius 2 is 2.04 bits per heavy atom. The molecule has 4 rings (SSSR count). The van der Waals surface area contributed by atoms with Gasteiger partial charge in [-0.3, -0.25) is 0 Å². The molecule has 3 atom stereocenters. The van der Waals surface area contributed by atoms with Crippen LogP contribution < -0.4 is 5.32 Å². The largest absolute Gasteiger partial charge is 0.376 e. The van der Waals surface area contributed by atoms with E-state index in [9.17, 15) is 12.8 Å². The van der Waals surface area contributed by atoms with Crippen LogP contribution >= 0.6 is 0 Å². The van der Waals surface area contributed by atoms with E-state index in [4.69, 9.17) is 4.74 Å². The van der Waals surface area contributed by atoms with E-state index in [0.717, 1.165) is 6.07 Å². The maximum atomic E-state index is 13.4. The van der Waals surface area contributed by atoms with Crippen molar-refractivity contribution < 1.29 is 17.5 Å². The molecule has 7 nitrogen and oxygen atoms in total. The molecular formula is C17H19FN4O3S. The number of halogens is 1. The maximum Gasteiger partial charge on any atom is 0.243 e. The molecule has 1 aromatic carbocycles. The first kappa shape index (κ1) is 17.3. The number of hydrogen-bond donors (Lipinski definition) is 1. The van der Waals surface area contributed by atoms with Crippen LogP contribution in [0.3, 0.4) is 0 Å². The first-order valence-corrected chi connectivity index (χ1v) is 9.86. The third kappa shape index (κ3) is 3.29. The minimum atomic E-state index is -3.73. The molecule has 0 saturated carbocycles. The van der Waals surface area contributed by atoms with Crippen LogP contribution in [0, 0.1) is 17.7 Å². The standard InChI is InChI=1S/C17H19FN4O3S/c18-13-3-1-4-14(7-13)26(23,24)22-9-15-12(11-25-16(15)10-22)8-21-17-19-5-2-6-20-17/h1-7,12,15-16H,8-11H2,(H,19,20,21)/t12-,15-,16-/m0/s1. The van der Waals surface area contributed by atoms with Crippen molar-refractivity contribution >= 4 is 16.0 Å². The molecule has 3 heterocycles. The quantitative estimate of drug-likeness (QED) is 0.846. The number of ether oxygens (including phenoxy) is 1. The normalized spacial score (nSPS) is 26.0. The van der Waals surface area contributed by atoms with Gasteiger partial charge in [0.05, 0.1) is 17.6 Å². The highest BCUT2D eigenvalue weighted by Gasteiger charge is 2.47. The Morgan fingerprint density at radius 3 is 2.81 bits per heavy atom. The predicted molar refractivity (Wildman–Crippen MR) is 92.4 cm³/mol. The molecule has 2 aromatic rings. The molecule has 0 bridgehead atoms. The van der Waals surface area contributed by atoms with E-state index < -0.39 is 15.8 Å². The number of anilines is 1. The van der Waals surface area contributed by atoms with Gasteiger partial charge in [0.15, 0.2) is 0 Å². The number of hydrogen-bond acceptors (Lipinski definition) is 6. The number of rotatable bonds is 5. The number of benzene rings is 1. The fraction of sp³-hybridized carbons (Fsp3) is 0.412. The lowest BCUT2D eigenvalue weighted by Crippen LogP contribution is -2.32. The molecule has 1 N–H and O–H groups in total. The van der Waals surface area contributed by atoms with Crippen LogP contribution in [-0.2, 0) is 14.8 Å². The third-order valence-electron chi connectivity index (χ3n) is 4.93. The molecule has 138 valence electrons. The van der Waals surface area contributed by atoms with Crippen LogP contribution in [0.5, 0.6) is 0 Å². The minimum Gasteiger partial charge on any atom is -0.376 e. The van der Waals surface area contributed by atoms with Crippen LogP contribution in [-0.4, -0.2) is 55.0 Å². The zero-order valence-electron chi connectivity index (χ0n) is 14.0. The first-order chi connectivity index (χ1) is 12.5. The van der Waals surface area contributed by atoms with E-state index in [1.165, 1.54) is 22.5 Å². The zero-order valence-corrected chi connectivity index (χ0v) is 14.8. The summed E-state index contributed by atoms with van der Waals surface area (Å²) in [7, 11) is -3.73. The number of sulfonamides is 1. The zero-order chi connectivity index (χ0) is 18.1. The van der Waals surface area contributed by atoms with Gasteiger partial charge >= 0.3 is 0 Å².